The van der Waals surface area contributed by atoms with Crippen molar-refractivity contribution in [3.8, 4) is 5.75 Å². The zero-order valence-electron chi connectivity index (χ0n) is 15.5. The second kappa shape index (κ2) is 6.01. The molecule has 142 valence electrons. The SMILES string of the molecule is CC1CCN1c1cccc(C2=NC(C)(C)Oc3cc(C(F)(F)F)ccc32)c1. The topological polar surface area (TPSA) is 24.8 Å². The van der Waals surface area contributed by atoms with Crippen molar-refractivity contribution in [2.45, 2.75) is 45.1 Å². The summed E-state index contributed by atoms with van der Waals surface area (Å²) in [6.07, 6.45) is -3.25. The average molecular weight is 374 g/mol. The summed E-state index contributed by atoms with van der Waals surface area (Å²) >= 11 is 0. The summed E-state index contributed by atoms with van der Waals surface area (Å²) < 4.78 is 45.0. The normalized spacial score (nSPS) is 21.0. The van der Waals surface area contributed by atoms with Crippen LogP contribution >= 0.6 is 0 Å². The number of benzene rings is 2. The Hall–Kier alpha value is -2.50. The Labute approximate surface area is 156 Å². The minimum atomic E-state index is -4.41. The van der Waals surface area contributed by atoms with E-state index >= 15 is 0 Å². The number of hydrogen-bond acceptors (Lipinski definition) is 3. The number of aliphatic imine (C=N–C) groups is 1. The monoisotopic (exact) mass is 374 g/mol. The van der Waals surface area contributed by atoms with Gasteiger partial charge in [-0.25, -0.2) is 4.99 Å². The fraction of sp³-hybridized carbons (Fsp3) is 0.381. The standard InChI is InChI=1S/C21H21F3N2O/c1-13-9-10-26(13)16-6-4-5-14(11-16)19-17-8-7-15(21(22,23)24)12-18(17)27-20(2,3)25-19/h4-8,11-13H,9-10H2,1-3H3. The van der Waals surface area contributed by atoms with E-state index in [1.165, 1.54) is 6.07 Å². The molecule has 0 N–H and O–H groups in total. The summed E-state index contributed by atoms with van der Waals surface area (Å²) in [4.78, 5) is 6.98. The molecule has 0 spiro atoms. The number of halogens is 3. The maximum atomic E-state index is 13.1. The first-order valence-corrected chi connectivity index (χ1v) is 9.02. The molecule has 6 heteroatoms. The summed E-state index contributed by atoms with van der Waals surface area (Å²) in [5, 5.41) is 0. The Morgan fingerprint density at radius 3 is 2.56 bits per heavy atom. The van der Waals surface area contributed by atoms with Crippen LogP contribution in [0.2, 0.25) is 0 Å². The lowest BCUT2D eigenvalue weighted by atomic mass is 9.96. The van der Waals surface area contributed by atoms with Crippen molar-refractivity contribution in [1.29, 1.82) is 0 Å². The smallest absolute Gasteiger partial charge is 0.416 e. The molecule has 0 aliphatic carbocycles. The summed E-state index contributed by atoms with van der Waals surface area (Å²) in [6, 6.07) is 12.1. The van der Waals surface area contributed by atoms with E-state index in [9.17, 15) is 13.2 Å². The molecule has 1 unspecified atom stereocenters. The van der Waals surface area contributed by atoms with Crippen molar-refractivity contribution in [2.24, 2.45) is 4.99 Å². The molecule has 2 aromatic rings. The van der Waals surface area contributed by atoms with Crippen LogP contribution in [0, 0.1) is 0 Å². The van der Waals surface area contributed by atoms with Gasteiger partial charge in [0.25, 0.3) is 0 Å². The highest BCUT2D eigenvalue weighted by Gasteiger charge is 2.35. The van der Waals surface area contributed by atoms with Gasteiger partial charge < -0.3 is 9.64 Å². The van der Waals surface area contributed by atoms with E-state index in [0.29, 0.717) is 17.3 Å². The fourth-order valence-electron chi connectivity index (χ4n) is 3.55. The van der Waals surface area contributed by atoms with Crippen molar-refractivity contribution in [1.82, 2.24) is 0 Å². The predicted molar refractivity (Wildman–Crippen MR) is 99.7 cm³/mol. The molecule has 0 saturated carbocycles. The van der Waals surface area contributed by atoms with E-state index in [-0.39, 0.29) is 5.75 Å². The van der Waals surface area contributed by atoms with Gasteiger partial charge in [-0.2, -0.15) is 13.2 Å². The average Bonchev–Trinajstić information content (AvgIpc) is 2.58. The molecule has 3 nitrogen and oxygen atoms in total. The molecule has 1 atom stereocenters. The van der Waals surface area contributed by atoms with Gasteiger partial charge in [0, 0.05) is 29.4 Å². The Morgan fingerprint density at radius 1 is 1.15 bits per heavy atom. The van der Waals surface area contributed by atoms with Crippen molar-refractivity contribution < 1.29 is 17.9 Å². The Balaban J connectivity index is 1.79. The van der Waals surface area contributed by atoms with Crippen LogP contribution in [-0.2, 0) is 6.18 Å². The number of anilines is 1. The van der Waals surface area contributed by atoms with Gasteiger partial charge in [-0.15, -0.1) is 0 Å². The van der Waals surface area contributed by atoms with Crippen LogP contribution in [0.4, 0.5) is 18.9 Å². The van der Waals surface area contributed by atoms with E-state index < -0.39 is 17.5 Å². The molecule has 1 fully saturated rings. The van der Waals surface area contributed by atoms with Gasteiger partial charge in [0.15, 0.2) is 5.72 Å². The van der Waals surface area contributed by atoms with Crippen molar-refractivity contribution in [2.75, 3.05) is 11.4 Å². The third-order valence-electron chi connectivity index (χ3n) is 5.08. The Bertz CT molecular complexity index is 918. The summed E-state index contributed by atoms with van der Waals surface area (Å²) in [6.45, 7) is 6.69. The molecule has 2 aromatic carbocycles. The minimum Gasteiger partial charge on any atom is -0.466 e. The molecular weight excluding hydrogens is 353 g/mol. The quantitative estimate of drug-likeness (QED) is 0.715. The zero-order chi connectivity index (χ0) is 19.4. The highest BCUT2D eigenvalue weighted by Crippen LogP contribution is 2.38. The third kappa shape index (κ3) is 3.29. The van der Waals surface area contributed by atoms with Crippen LogP contribution in [-0.4, -0.2) is 24.0 Å². The summed E-state index contributed by atoms with van der Waals surface area (Å²) in [5.41, 5.74) is 1.56. The van der Waals surface area contributed by atoms with Crippen LogP contribution in [0.25, 0.3) is 0 Å². The first-order valence-electron chi connectivity index (χ1n) is 9.02. The molecule has 1 saturated heterocycles. The van der Waals surface area contributed by atoms with Crippen LogP contribution in [0.3, 0.4) is 0 Å². The minimum absolute atomic E-state index is 0.211. The van der Waals surface area contributed by atoms with Gasteiger partial charge in [-0.05, 0) is 57.5 Å². The first kappa shape index (κ1) is 17.9. The van der Waals surface area contributed by atoms with Crippen molar-refractivity contribution >= 4 is 11.4 Å². The van der Waals surface area contributed by atoms with Gasteiger partial charge >= 0.3 is 6.18 Å². The van der Waals surface area contributed by atoms with E-state index in [1.54, 1.807) is 13.8 Å². The number of alkyl halides is 3. The van der Waals surface area contributed by atoms with Crippen molar-refractivity contribution in [3.63, 3.8) is 0 Å². The molecule has 0 bridgehead atoms. The van der Waals surface area contributed by atoms with Crippen LogP contribution in [0.15, 0.2) is 47.5 Å². The molecule has 0 aromatic heterocycles. The second-order valence-electron chi connectivity index (χ2n) is 7.60. The largest absolute Gasteiger partial charge is 0.466 e. The zero-order valence-corrected chi connectivity index (χ0v) is 15.5. The fourth-order valence-corrected chi connectivity index (χ4v) is 3.55. The molecular formula is C21H21F3N2O. The van der Waals surface area contributed by atoms with Gasteiger partial charge in [-0.3, -0.25) is 0 Å². The lowest BCUT2D eigenvalue weighted by molar-refractivity contribution is -0.137. The number of hydrogen-bond donors (Lipinski definition) is 0. The maximum Gasteiger partial charge on any atom is 0.416 e. The number of ether oxygens (including phenoxy) is 1. The number of nitrogens with zero attached hydrogens (tertiary/aromatic N) is 2. The van der Waals surface area contributed by atoms with Gasteiger partial charge in [0.1, 0.15) is 5.75 Å². The van der Waals surface area contributed by atoms with E-state index in [4.69, 9.17) is 4.74 Å². The predicted octanol–water partition coefficient (Wildman–Crippen LogP) is 5.27. The molecule has 0 amide bonds. The highest BCUT2D eigenvalue weighted by molar-refractivity contribution is 6.15. The molecule has 2 heterocycles. The lowest BCUT2D eigenvalue weighted by Gasteiger charge is -2.41. The molecule has 27 heavy (non-hydrogen) atoms. The van der Waals surface area contributed by atoms with Crippen LogP contribution in [0.1, 0.15) is 43.9 Å². The Kier molecular flexibility index (Phi) is 3.98. The van der Waals surface area contributed by atoms with E-state index in [0.717, 1.165) is 36.3 Å². The van der Waals surface area contributed by atoms with Gasteiger partial charge in [0.05, 0.1) is 11.3 Å². The van der Waals surface area contributed by atoms with Gasteiger partial charge in [0.2, 0.25) is 0 Å². The lowest BCUT2D eigenvalue weighted by Crippen LogP contribution is -2.45. The second-order valence-corrected chi connectivity index (χ2v) is 7.60. The van der Waals surface area contributed by atoms with E-state index in [2.05, 4.69) is 28.9 Å². The number of fused-ring (bicyclic) bond motifs is 1. The third-order valence-corrected chi connectivity index (χ3v) is 5.08. The maximum absolute atomic E-state index is 13.1. The molecule has 0 radical (unpaired) electrons. The Morgan fingerprint density at radius 2 is 1.93 bits per heavy atom. The van der Waals surface area contributed by atoms with Crippen molar-refractivity contribution in [3.05, 3.63) is 59.2 Å². The summed E-state index contributed by atoms with van der Waals surface area (Å²) in [5.74, 6) is 0.211. The number of rotatable bonds is 2. The highest BCUT2D eigenvalue weighted by atomic mass is 19.4. The summed E-state index contributed by atoms with van der Waals surface area (Å²) in [7, 11) is 0. The first-order chi connectivity index (χ1) is 12.6. The van der Waals surface area contributed by atoms with Crippen LogP contribution < -0.4 is 9.64 Å². The molecule has 4 rings (SSSR count). The van der Waals surface area contributed by atoms with E-state index in [1.807, 2.05) is 12.1 Å². The van der Waals surface area contributed by atoms with Gasteiger partial charge in [-0.1, -0.05) is 12.1 Å². The van der Waals surface area contributed by atoms with Crippen LogP contribution in [0.5, 0.6) is 5.75 Å². The molecule has 2 aliphatic rings. The molecule has 2 aliphatic heterocycles.